The summed E-state index contributed by atoms with van der Waals surface area (Å²) in [7, 11) is 3.89. The van der Waals surface area contributed by atoms with Crippen LogP contribution in [-0.2, 0) is 23.7 Å². The number of hydrogen-bond donors (Lipinski definition) is 1. The summed E-state index contributed by atoms with van der Waals surface area (Å²) < 4.78 is 69.9. The highest BCUT2D eigenvalue weighted by molar-refractivity contribution is 5.96. The van der Waals surface area contributed by atoms with Crippen LogP contribution in [0, 0.1) is 11.6 Å². The second-order valence-electron chi connectivity index (χ2n) is 11.4. The summed E-state index contributed by atoms with van der Waals surface area (Å²) in [5.41, 5.74) is 0.561. The first-order valence-electron chi connectivity index (χ1n) is 13.7. The molecule has 4 nitrogen and oxygen atoms in total. The third-order valence-corrected chi connectivity index (χ3v) is 9.27. The van der Waals surface area contributed by atoms with Crippen LogP contribution in [0.4, 0.5) is 22.0 Å². The molecule has 214 valence electrons. The van der Waals surface area contributed by atoms with Gasteiger partial charge in [-0.1, -0.05) is 30.3 Å². The van der Waals surface area contributed by atoms with Gasteiger partial charge < -0.3 is 9.88 Å². The van der Waals surface area contributed by atoms with Crippen molar-refractivity contribution in [3.05, 3.63) is 106 Å². The molecule has 9 heteroatoms. The summed E-state index contributed by atoms with van der Waals surface area (Å²) in [6, 6.07) is 16.3. The molecule has 2 aliphatic rings. The molecule has 1 amide bonds. The minimum Gasteiger partial charge on any atom is -0.356 e. The second kappa shape index (κ2) is 9.69. The predicted octanol–water partition coefficient (Wildman–Crippen LogP) is 7.39. The number of benzene rings is 3. The number of H-pyrrole nitrogens is 1. The second-order valence-corrected chi connectivity index (χ2v) is 11.4. The number of aromatic nitrogens is 1. The number of carbonyl (C=O) groups is 1. The van der Waals surface area contributed by atoms with Crippen LogP contribution in [0.1, 0.15) is 58.4 Å². The Morgan fingerprint density at radius 2 is 1.66 bits per heavy atom. The summed E-state index contributed by atoms with van der Waals surface area (Å²) in [6.07, 6.45) is -2.23. The molecule has 1 fully saturated rings. The minimum atomic E-state index is -4.71. The SMILES string of the molecule is CN(C)C1(c2cccc(F)c2)CCC2(CC1)c1[nH]c3ccccc3c1CCN2C(=O)c1cc(C(F)(F)F)ccc1F. The number of amides is 1. The number of halogens is 5. The van der Waals surface area contributed by atoms with Gasteiger partial charge in [0.2, 0.25) is 0 Å². The van der Waals surface area contributed by atoms with Crippen LogP contribution < -0.4 is 0 Å². The van der Waals surface area contributed by atoms with Gasteiger partial charge in [0.15, 0.2) is 0 Å². The van der Waals surface area contributed by atoms with E-state index in [9.17, 15) is 22.4 Å². The lowest BCUT2D eigenvalue weighted by Gasteiger charge is -2.55. The Bertz CT molecular complexity index is 1630. The van der Waals surface area contributed by atoms with Crippen LogP contribution >= 0.6 is 0 Å². The Morgan fingerprint density at radius 3 is 2.34 bits per heavy atom. The fourth-order valence-electron chi connectivity index (χ4n) is 7.11. The molecule has 1 aliphatic heterocycles. The molecular weight excluding hydrogens is 537 g/mol. The van der Waals surface area contributed by atoms with Crippen molar-refractivity contribution < 1.29 is 26.7 Å². The third-order valence-electron chi connectivity index (χ3n) is 9.27. The molecule has 0 saturated heterocycles. The van der Waals surface area contributed by atoms with Gasteiger partial charge in [-0.3, -0.25) is 9.69 Å². The van der Waals surface area contributed by atoms with Crippen LogP contribution in [-0.4, -0.2) is 41.3 Å². The van der Waals surface area contributed by atoms with E-state index >= 15 is 4.39 Å². The molecule has 4 aromatic rings. The summed E-state index contributed by atoms with van der Waals surface area (Å²) in [5, 5.41) is 1.04. The standard InChI is InChI=1S/C32H30F5N3O/c1-39(2)30(20-6-5-7-22(33)18-20)13-15-31(16-14-30)28-24(23-8-3-4-9-27(23)38-28)12-17-40(31)29(41)25-19-21(32(35,36)37)10-11-26(25)34/h3-11,18-19,38H,12-17H2,1-2H3. The highest BCUT2D eigenvalue weighted by Crippen LogP contribution is 2.54. The van der Waals surface area contributed by atoms with Crippen molar-refractivity contribution >= 4 is 16.8 Å². The first-order valence-corrected chi connectivity index (χ1v) is 13.7. The molecular formula is C32H30F5N3O. The topological polar surface area (TPSA) is 39.3 Å². The lowest BCUT2D eigenvalue weighted by Crippen LogP contribution is -2.58. The summed E-state index contributed by atoms with van der Waals surface area (Å²) in [5.74, 6) is -2.09. The molecule has 2 heterocycles. The van der Waals surface area contributed by atoms with Gasteiger partial charge in [0.25, 0.3) is 5.91 Å². The van der Waals surface area contributed by atoms with Crippen molar-refractivity contribution in [1.82, 2.24) is 14.8 Å². The minimum absolute atomic E-state index is 0.234. The summed E-state index contributed by atoms with van der Waals surface area (Å²) in [4.78, 5) is 21.2. The quantitative estimate of drug-likeness (QED) is 0.262. The van der Waals surface area contributed by atoms with Crippen LogP contribution in [0.25, 0.3) is 10.9 Å². The Balaban J connectivity index is 1.48. The average Bonchev–Trinajstić information content (AvgIpc) is 3.33. The van der Waals surface area contributed by atoms with Gasteiger partial charge in [-0.15, -0.1) is 0 Å². The Kier molecular flexibility index (Phi) is 6.48. The molecule has 0 atom stereocenters. The zero-order valence-electron chi connectivity index (χ0n) is 22.8. The van der Waals surface area contributed by atoms with Crippen molar-refractivity contribution in [2.24, 2.45) is 0 Å². The molecule has 1 N–H and O–H groups in total. The van der Waals surface area contributed by atoms with Crippen molar-refractivity contribution in [3.63, 3.8) is 0 Å². The number of aromatic amines is 1. The Morgan fingerprint density at radius 1 is 0.927 bits per heavy atom. The van der Waals surface area contributed by atoms with E-state index in [0.29, 0.717) is 50.3 Å². The summed E-state index contributed by atoms with van der Waals surface area (Å²) >= 11 is 0. The third kappa shape index (κ3) is 4.33. The first kappa shape index (κ1) is 27.4. The van der Waals surface area contributed by atoms with E-state index in [0.717, 1.165) is 27.7 Å². The van der Waals surface area contributed by atoms with Gasteiger partial charge in [-0.25, -0.2) is 8.78 Å². The number of para-hydroxylation sites is 1. The molecule has 6 rings (SSSR count). The molecule has 1 saturated carbocycles. The maximum Gasteiger partial charge on any atom is 0.416 e. The lowest BCUT2D eigenvalue weighted by atomic mass is 9.65. The van der Waals surface area contributed by atoms with Gasteiger partial charge >= 0.3 is 6.18 Å². The Hall–Kier alpha value is -3.72. The van der Waals surface area contributed by atoms with Gasteiger partial charge in [-0.2, -0.15) is 13.2 Å². The number of carbonyl (C=O) groups excluding carboxylic acids is 1. The predicted molar refractivity (Wildman–Crippen MR) is 146 cm³/mol. The molecule has 1 aliphatic carbocycles. The number of nitrogens with zero attached hydrogens (tertiary/aromatic N) is 2. The molecule has 0 radical (unpaired) electrons. The van der Waals surface area contributed by atoms with Crippen LogP contribution in [0.15, 0.2) is 66.7 Å². The molecule has 0 unspecified atom stereocenters. The zero-order valence-corrected chi connectivity index (χ0v) is 22.8. The highest BCUT2D eigenvalue weighted by Gasteiger charge is 2.53. The van der Waals surface area contributed by atoms with Crippen molar-refractivity contribution in [3.8, 4) is 0 Å². The maximum atomic E-state index is 15.0. The van der Waals surface area contributed by atoms with E-state index in [2.05, 4.69) is 9.88 Å². The molecule has 41 heavy (non-hydrogen) atoms. The smallest absolute Gasteiger partial charge is 0.356 e. The van der Waals surface area contributed by atoms with Gasteiger partial charge in [0.05, 0.1) is 16.7 Å². The van der Waals surface area contributed by atoms with E-state index in [4.69, 9.17) is 0 Å². The van der Waals surface area contributed by atoms with Crippen molar-refractivity contribution in [2.75, 3.05) is 20.6 Å². The van der Waals surface area contributed by atoms with E-state index in [1.165, 1.54) is 12.1 Å². The van der Waals surface area contributed by atoms with E-state index < -0.39 is 40.1 Å². The number of rotatable bonds is 3. The number of nitrogens with one attached hydrogen (secondary N) is 1. The van der Waals surface area contributed by atoms with Crippen LogP contribution in [0.3, 0.4) is 0 Å². The fourth-order valence-corrected chi connectivity index (χ4v) is 7.11. The number of fused-ring (bicyclic) bond motifs is 4. The van der Waals surface area contributed by atoms with Crippen LogP contribution in [0.2, 0.25) is 0 Å². The number of hydrogen-bond acceptors (Lipinski definition) is 2. The van der Waals surface area contributed by atoms with Gasteiger partial charge in [0.1, 0.15) is 11.6 Å². The van der Waals surface area contributed by atoms with Crippen molar-refractivity contribution in [1.29, 1.82) is 0 Å². The van der Waals surface area contributed by atoms with E-state index in [1.807, 2.05) is 44.4 Å². The fraction of sp³-hybridized carbons (Fsp3) is 0.344. The van der Waals surface area contributed by atoms with E-state index in [-0.39, 0.29) is 12.4 Å². The summed E-state index contributed by atoms with van der Waals surface area (Å²) in [6.45, 7) is 0.234. The lowest BCUT2D eigenvalue weighted by molar-refractivity contribution is -0.137. The first-order chi connectivity index (χ1) is 19.5. The largest absolute Gasteiger partial charge is 0.416 e. The van der Waals surface area contributed by atoms with Gasteiger partial charge in [0, 0.05) is 28.7 Å². The normalized spacial score (nSPS) is 22.9. The Labute approximate surface area is 234 Å². The van der Waals surface area contributed by atoms with Crippen LogP contribution in [0.5, 0.6) is 0 Å². The van der Waals surface area contributed by atoms with Crippen molar-refractivity contribution in [2.45, 2.75) is 49.4 Å². The molecule has 1 aromatic heterocycles. The highest BCUT2D eigenvalue weighted by atomic mass is 19.4. The average molecular weight is 568 g/mol. The maximum absolute atomic E-state index is 15.0. The molecule has 0 bridgehead atoms. The van der Waals surface area contributed by atoms with E-state index in [1.54, 1.807) is 11.0 Å². The molecule has 3 aromatic carbocycles. The van der Waals surface area contributed by atoms with Gasteiger partial charge in [-0.05, 0) is 93.7 Å². The zero-order chi connectivity index (χ0) is 29.2. The number of alkyl halides is 3. The molecule has 1 spiro atoms. The monoisotopic (exact) mass is 567 g/mol.